The maximum atomic E-state index is 14.1. The van der Waals surface area contributed by atoms with E-state index < -0.39 is 5.66 Å². The van der Waals surface area contributed by atoms with Crippen LogP contribution in [-0.4, -0.2) is 44.4 Å². The Balaban J connectivity index is 1.71. The van der Waals surface area contributed by atoms with E-state index in [1.54, 1.807) is 0 Å². The van der Waals surface area contributed by atoms with Crippen molar-refractivity contribution in [2.45, 2.75) is 46.7 Å². The molecule has 2 N–H and O–H groups in total. The largest absolute Gasteiger partial charge is 0.353 e. The molecular formula is C24H35N3O2+2. The molecule has 0 unspecified atom stereocenters. The summed E-state index contributed by atoms with van der Waals surface area (Å²) in [7, 11) is 0. The van der Waals surface area contributed by atoms with Crippen molar-refractivity contribution >= 4 is 17.4 Å². The Labute approximate surface area is 174 Å². The number of quaternary nitrogens is 2. The first kappa shape index (κ1) is 19.3. The molecule has 0 aromatic heterocycles. The molecule has 0 saturated carbocycles. The zero-order chi connectivity index (χ0) is 20.8. The smallest absolute Gasteiger partial charge is 0.300 e. The number of rotatable bonds is 4. The Kier molecular flexibility index (Phi) is 3.93. The van der Waals surface area contributed by atoms with Gasteiger partial charge >= 0.3 is 11.6 Å². The van der Waals surface area contributed by atoms with Crippen molar-refractivity contribution in [3.63, 3.8) is 0 Å². The molecule has 5 aliphatic rings. The van der Waals surface area contributed by atoms with E-state index in [1.165, 1.54) is 15.4 Å². The zero-order valence-corrected chi connectivity index (χ0v) is 18.5. The fourth-order valence-electron chi connectivity index (χ4n) is 7.29. The first-order valence-electron chi connectivity index (χ1n) is 11.4. The average Bonchev–Trinajstić information content (AvgIpc) is 2.91. The lowest BCUT2D eigenvalue weighted by Gasteiger charge is -2.65. The lowest BCUT2D eigenvalue weighted by Crippen LogP contribution is -3.49. The standard InChI is InChI=1S/C24H33N3O2/c1-6-11-27-19-10-8-7-9-18(19)24(21(27)29)25-12-22(16(2)3)13-26(24)15-23(14-25,17(4)5)20(22)28/h7-10,16-17H,6,11-15H2,1-5H3/p+2. The van der Waals surface area contributed by atoms with Crippen LogP contribution >= 0.6 is 0 Å². The molecule has 4 fully saturated rings. The first-order valence-corrected chi connectivity index (χ1v) is 11.4. The Morgan fingerprint density at radius 2 is 1.45 bits per heavy atom. The summed E-state index contributed by atoms with van der Waals surface area (Å²) in [6, 6.07) is 8.42. The highest BCUT2D eigenvalue weighted by Gasteiger charge is 2.81. The lowest BCUT2D eigenvalue weighted by atomic mass is 9.52. The van der Waals surface area contributed by atoms with E-state index in [4.69, 9.17) is 0 Å². The summed E-state index contributed by atoms with van der Waals surface area (Å²) < 4.78 is 0. The van der Waals surface area contributed by atoms with Crippen molar-refractivity contribution < 1.29 is 19.4 Å². The third kappa shape index (κ3) is 1.99. The number of ketones is 1. The molecule has 1 amide bonds. The molecule has 1 aromatic rings. The van der Waals surface area contributed by atoms with E-state index in [0.29, 0.717) is 17.6 Å². The molecule has 6 rings (SSSR count). The molecule has 1 spiro atoms. The molecule has 0 radical (unpaired) electrons. The summed E-state index contributed by atoms with van der Waals surface area (Å²) in [5.74, 6) is 1.35. The van der Waals surface area contributed by atoms with Gasteiger partial charge < -0.3 is 4.90 Å². The molecule has 4 saturated heterocycles. The highest BCUT2D eigenvalue weighted by molar-refractivity contribution is 6.06. The number of nitrogens with zero attached hydrogens (tertiary/aromatic N) is 1. The van der Waals surface area contributed by atoms with Gasteiger partial charge in [-0.15, -0.1) is 0 Å². The van der Waals surface area contributed by atoms with Crippen LogP contribution in [-0.2, 0) is 15.3 Å². The van der Waals surface area contributed by atoms with Crippen LogP contribution in [0.4, 0.5) is 5.69 Å². The van der Waals surface area contributed by atoms with Gasteiger partial charge in [0, 0.05) is 6.54 Å². The molecule has 5 aliphatic heterocycles. The number of amides is 1. The van der Waals surface area contributed by atoms with Gasteiger partial charge in [-0.1, -0.05) is 46.8 Å². The molecule has 4 bridgehead atoms. The second-order valence-electron chi connectivity index (χ2n) is 10.6. The van der Waals surface area contributed by atoms with Crippen molar-refractivity contribution in [1.29, 1.82) is 0 Å². The molecule has 5 nitrogen and oxygen atoms in total. The van der Waals surface area contributed by atoms with Crippen LogP contribution < -0.4 is 14.7 Å². The Morgan fingerprint density at radius 1 is 0.931 bits per heavy atom. The molecule has 5 heteroatoms. The zero-order valence-electron chi connectivity index (χ0n) is 18.5. The number of carbonyl (C=O) groups excluding carboxylic acids is 2. The Hall–Kier alpha value is -1.72. The van der Waals surface area contributed by atoms with Crippen molar-refractivity contribution in [3.05, 3.63) is 29.8 Å². The second-order valence-corrected chi connectivity index (χ2v) is 10.6. The summed E-state index contributed by atoms with van der Waals surface area (Å²) in [6.07, 6.45) is 0.950. The molecule has 0 atom stereocenters. The van der Waals surface area contributed by atoms with E-state index >= 15 is 0 Å². The maximum Gasteiger partial charge on any atom is 0.353 e. The summed E-state index contributed by atoms with van der Waals surface area (Å²) in [5, 5.41) is 0. The molecule has 29 heavy (non-hydrogen) atoms. The maximum absolute atomic E-state index is 14.1. The predicted molar refractivity (Wildman–Crippen MR) is 112 cm³/mol. The van der Waals surface area contributed by atoms with Crippen LogP contribution in [0, 0.1) is 22.7 Å². The number of anilines is 1. The van der Waals surface area contributed by atoms with E-state index in [9.17, 15) is 9.59 Å². The fourth-order valence-corrected chi connectivity index (χ4v) is 7.29. The van der Waals surface area contributed by atoms with Crippen LogP contribution in [0.5, 0.6) is 0 Å². The Bertz CT molecular complexity index is 844. The molecular weight excluding hydrogens is 362 g/mol. The number of carbonyl (C=O) groups is 2. The van der Waals surface area contributed by atoms with E-state index in [2.05, 4.69) is 52.8 Å². The second kappa shape index (κ2) is 5.92. The third-order valence-corrected chi connectivity index (χ3v) is 8.90. The van der Waals surface area contributed by atoms with Gasteiger partial charge in [-0.3, -0.25) is 19.4 Å². The number of Topliss-reactive ketones (excluding diaryl/α,β-unsaturated/α-hetero) is 1. The monoisotopic (exact) mass is 397 g/mol. The lowest BCUT2D eigenvalue weighted by molar-refractivity contribution is -1.20. The van der Waals surface area contributed by atoms with Crippen molar-refractivity contribution in [2.75, 3.05) is 37.6 Å². The number of piperidine rings is 2. The summed E-state index contributed by atoms with van der Waals surface area (Å²) in [4.78, 5) is 32.7. The van der Waals surface area contributed by atoms with Crippen LogP contribution in [0.2, 0.25) is 0 Å². The minimum atomic E-state index is -0.566. The van der Waals surface area contributed by atoms with E-state index in [-0.39, 0.29) is 16.7 Å². The SMILES string of the molecule is CCCN1C(=O)C2(c3ccccc31)[NH+]1CC3(C(C)C)C[NH+]2CC(C(C)C)(C1)C3=O. The minimum absolute atomic E-state index is 0.259. The van der Waals surface area contributed by atoms with Gasteiger partial charge in [0.1, 0.15) is 42.6 Å². The summed E-state index contributed by atoms with van der Waals surface area (Å²) >= 11 is 0. The first-order chi connectivity index (χ1) is 13.8. The van der Waals surface area contributed by atoms with E-state index in [1.807, 2.05) is 11.0 Å². The fraction of sp³-hybridized carbons (Fsp3) is 0.667. The summed E-state index contributed by atoms with van der Waals surface area (Å²) in [5.41, 5.74) is 1.11. The van der Waals surface area contributed by atoms with Crippen LogP contribution in [0.1, 0.15) is 46.6 Å². The molecule has 0 aliphatic carbocycles. The van der Waals surface area contributed by atoms with E-state index in [0.717, 1.165) is 44.8 Å². The van der Waals surface area contributed by atoms with Gasteiger partial charge in [0.2, 0.25) is 0 Å². The normalized spacial score (nSPS) is 40.0. The van der Waals surface area contributed by atoms with Gasteiger partial charge in [-0.2, -0.15) is 0 Å². The van der Waals surface area contributed by atoms with Gasteiger partial charge in [0.05, 0.1) is 5.69 Å². The highest BCUT2D eigenvalue weighted by Crippen LogP contribution is 2.48. The molecule has 1 aromatic carbocycles. The topological polar surface area (TPSA) is 46.3 Å². The van der Waals surface area contributed by atoms with Crippen LogP contribution in [0.3, 0.4) is 0 Å². The van der Waals surface area contributed by atoms with Gasteiger partial charge in [0.25, 0.3) is 0 Å². The number of para-hydroxylation sites is 1. The van der Waals surface area contributed by atoms with Crippen molar-refractivity contribution in [1.82, 2.24) is 0 Å². The van der Waals surface area contributed by atoms with Crippen LogP contribution in [0.15, 0.2) is 24.3 Å². The van der Waals surface area contributed by atoms with Crippen molar-refractivity contribution in [3.8, 4) is 0 Å². The summed E-state index contributed by atoms with van der Waals surface area (Å²) in [6.45, 7) is 14.9. The van der Waals surface area contributed by atoms with Crippen molar-refractivity contribution in [2.24, 2.45) is 22.7 Å². The molecule has 156 valence electrons. The highest BCUT2D eigenvalue weighted by atomic mass is 16.2. The number of nitrogens with one attached hydrogen (secondary N) is 2. The number of hydrogen-bond acceptors (Lipinski definition) is 2. The minimum Gasteiger partial charge on any atom is -0.300 e. The molecule has 5 heterocycles. The number of fused-ring (bicyclic) bond motifs is 1. The third-order valence-electron chi connectivity index (χ3n) is 8.90. The Morgan fingerprint density at radius 3 is 1.93 bits per heavy atom. The average molecular weight is 398 g/mol. The number of hydrogen-bond donors (Lipinski definition) is 2. The van der Waals surface area contributed by atoms with Gasteiger partial charge in [-0.05, 0) is 30.4 Å². The van der Waals surface area contributed by atoms with Crippen LogP contribution in [0.25, 0.3) is 0 Å². The predicted octanol–water partition coefficient (Wildman–Crippen LogP) is 0.261. The quantitative estimate of drug-likeness (QED) is 0.766. The number of benzene rings is 1. The van der Waals surface area contributed by atoms with Gasteiger partial charge in [0.15, 0.2) is 5.78 Å². The van der Waals surface area contributed by atoms with Gasteiger partial charge in [-0.25, -0.2) is 0 Å².